The van der Waals surface area contributed by atoms with Gasteiger partial charge in [0.1, 0.15) is 0 Å². The Bertz CT molecular complexity index is 561. The van der Waals surface area contributed by atoms with Gasteiger partial charge >= 0.3 is 0 Å². The minimum Gasteiger partial charge on any atom is -0.330 e. The summed E-state index contributed by atoms with van der Waals surface area (Å²) in [7, 11) is 0. The average Bonchev–Trinajstić information content (AvgIpc) is 3.09. The molecule has 4 nitrogen and oxygen atoms in total. The molecule has 1 aliphatic rings. The second-order valence-electron chi connectivity index (χ2n) is 4.99. The maximum Gasteiger partial charge on any atom is 0.255 e. The standard InChI is InChI=1S/C14H17N3OS/c1-10-8-15-16-13(10)12-4-2-3-6-17(12)14(18)11-5-7-19-9-11/h5,7-9,12H,2-4,6H2,1H3,(H,15,16)/t12-/m0/s1. The van der Waals surface area contributed by atoms with Crippen LogP contribution in [0.3, 0.4) is 0 Å². The van der Waals surface area contributed by atoms with Crippen molar-refractivity contribution < 1.29 is 4.79 Å². The number of carbonyl (C=O) groups is 1. The summed E-state index contributed by atoms with van der Waals surface area (Å²) in [6, 6.07) is 2.04. The number of nitrogens with zero attached hydrogens (tertiary/aromatic N) is 2. The van der Waals surface area contributed by atoms with Crippen LogP contribution in [-0.2, 0) is 0 Å². The zero-order valence-electron chi connectivity index (χ0n) is 10.9. The van der Waals surface area contributed by atoms with Gasteiger partial charge < -0.3 is 4.90 Å². The minimum atomic E-state index is 0.139. The lowest BCUT2D eigenvalue weighted by molar-refractivity contribution is 0.0606. The molecule has 5 heteroatoms. The summed E-state index contributed by atoms with van der Waals surface area (Å²) in [5.74, 6) is 0.139. The van der Waals surface area contributed by atoms with Crippen molar-refractivity contribution in [2.45, 2.75) is 32.2 Å². The van der Waals surface area contributed by atoms with Crippen LogP contribution in [0.5, 0.6) is 0 Å². The second-order valence-corrected chi connectivity index (χ2v) is 5.77. The fourth-order valence-electron chi connectivity index (χ4n) is 2.72. The summed E-state index contributed by atoms with van der Waals surface area (Å²) < 4.78 is 0. The molecule has 0 radical (unpaired) electrons. The summed E-state index contributed by atoms with van der Waals surface area (Å²) >= 11 is 1.57. The summed E-state index contributed by atoms with van der Waals surface area (Å²) in [6.07, 6.45) is 5.09. The van der Waals surface area contributed by atoms with Crippen LogP contribution in [0.2, 0.25) is 0 Å². The monoisotopic (exact) mass is 275 g/mol. The molecule has 1 amide bonds. The molecule has 3 heterocycles. The molecule has 0 aromatic carbocycles. The third kappa shape index (κ3) is 2.30. The van der Waals surface area contributed by atoms with Crippen molar-refractivity contribution in [1.29, 1.82) is 0 Å². The van der Waals surface area contributed by atoms with Gasteiger partial charge in [0.25, 0.3) is 5.91 Å². The molecular formula is C14H17N3OS. The first-order valence-electron chi connectivity index (χ1n) is 6.60. The Balaban J connectivity index is 1.90. The molecule has 19 heavy (non-hydrogen) atoms. The quantitative estimate of drug-likeness (QED) is 0.915. The number of carbonyl (C=O) groups excluding carboxylic acids is 1. The maximum absolute atomic E-state index is 12.6. The summed E-state index contributed by atoms with van der Waals surface area (Å²) in [5, 5.41) is 11.0. The van der Waals surface area contributed by atoms with Crippen LogP contribution in [0.25, 0.3) is 0 Å². The maximum atomic E-state index is 12.6. The van der Waals surface area contributed by atoms with Crippen molar-refractivity contribution in [3.05, 3.63) is 39.8 Å². The normalized spacial score (nSPS) is 19.6. The number of aryl methyl sites for hydroxylation is 1. The van der Waals surface area contributed by atoms with Gasteiger partial charge in [0.05, 0.1) is 23.5 Å². The molecule has 0 aliphatic carbocycles. The lowest BCUT2D eigenvalue weighted by Crippen LogP contribution is -2.38. The van der Waals surface area contributed by atoms with Gasteiger partial charge in [0.2, 0.25) is 0 Å². The predicted molar refractivity (Wildman–Crippen MR) is 75.3 cm³/mol. The number of thiophene rings is 1. The zero-order chi connectivity index (χ0) is 13.2. The molecule has 0 spiro atoms. The van der Waals surface area contributed by atoms with Crippen molar-refractivity contribution in [3.8, 4) is 0 Å². The fraction of sp³-hybridized carbons (Fsp3) is 0.429. The summed E-state index contributed by atoms with van der Waals surface area (Å²) in [5.41, 5.74) is 3.02. The van der Waals surface area contributed by atoms with Gasteiger partial charge in [-0.3, -0.25) is 9.89 Å². The van der Waals surface area contributed by atoms with Crippen LogP contribution < -0.4 is 0 Å². The van der Waals surface area contributed by atoms with Gasteiger partial charge in [0.15, 0.2) is 0 Å². The van der Waals surface area contributed by atoms with Gasteiger partial charge in [-0.2, -0.15) is 16.4 Å². The van der Waals surface area contributed by atoms with E-state index >= 15 is 0 Å². The highest BCUT2D eigenvalue weighted by molar-refractivity contribution is 7.08. The Kier molecular flexibility index (Phi) is 3.38. The third-order valence-electron chi connectivity index (χ3n) is 3.73. The highest BCUT2D eigenvalue weighted by atomic mass is 32.1. The molecule has 1 aliphatic heterocycles. The molecule has 1 N–H and O–H groups in total. The van der Waals surface area contributed by atoms with Crippen LogP contribution in [-0.4, -0.2) is 27.5 Å². The first kappa shape index (κ1) is 12.4. The minimum absolute atomic E-state index is 0.139. The first-order valence-corrected chi connectivity index (χ1v) is 7.54. The first-order chi connectivity index (χ1) is 9.27. The predicted octanol–water partition coefficient (Wildman–Crippen LogP) is 3.15. The molecule has 0 unspecified atom stereocenters. The topological polar surface area (TPSA) is 49.0 Å². The van der Waals surface area contributed by atoms with Crippen LogP contribution >= 0.6 is 11.3 Å². The molecule has 1 saturated heterocycles. The Morgan fingerprint density at radius 1 is 1.53 bits per heavy atom. The van der Waals surface area contributed by atoms with Crippen molar-refractivity contribution in [3.63, 3.8) is 0 Å². The van der Waals surface area contributed by atoms with E-state index in [0.29, 0.717) is 0 Å². The van der Waals surface area contributed by atoms with E-state index in [1.165, 1.54) is 0 Å². The number of aromatic amines is 1. The van der Waals surface area contributed by atoms with Gasteiger partial charge in [-0.15, -0.1) is 0 Å². The lowest BCUT2D eigenvalue weighted by Gasteiger charge is -2.35. The van der Waals surface area contributed by atoms with Crippen LogP contribution in [0.15, 0.2) is 23.0 Å². The Morgan fingerprint density at radius 2 is 2.42 bits per heavy atom. The van der Waals surface area contributed by atoms with Crippen LogP contribution in [0.4, 0.5) is 0 Å². The van der Waals surface area contributed by atoms with Crippen molar-refractivity contribution in [2.75, 3.05) is 6.54 Å². The van der Waals surface area contributed by atoms with E-state index in [1.54, 1.807) is 11.3 Å². The van der Waals surface area contributed by atoms with E-state index in [9.17, 15) is 4.79 Å². The number of piperidine rings is 1. The van der Waals surface area contributed by atoms with Crippen LogP contribution in [0.1, 0.15) is 46.9 Å². The molecule has 1 fully saturated rings. The van der Waals surface area contributed by atoms with E-state index in [4.69, 9.17) is 0 Å². The fourth-order valence-corrected chi connectivity index (χ4v) is 3.35. The average molecular weight is 275 g/mol. The van der Waals surface area contributed by atoms with E-state index < -0.39 is 0 Å². The molecule has 1 atom stereocenters. The highest BCUT2D eigenvalue weighted by Crippen LogP contribution is 2.32. The van der Waals surface area contributed by atoms with Crippen molar-refractivity contribution in [2.24, 2.45) is 0 Å². The van der Waals surface area contributed by atoms with E-state index in [2.05, 4.69) is 10.2 Å². The molecule has 0 bridgehead atoms. The van der Waals surface area contributed by atoms with Gasteiger partial charge in [-0.25, -0.2) is 0 Å². The van der Waals surface area contributed by atoms with Gasteiger partial charge in [0, 0.05) is 11.9 Å². The van der Waals surface area contributed by atoms with Gasteiger partial charge in [-0.05, 0) is 43.2 Å². The number of hydrogen-bond donors (Lipinski definition) is 1. The summed E-state index contributed by atoms with van der Waals surface area (Å²) in [4.78, 5) is 14.6. The van der Waals surface area contributed by atoms with Crippen LogP contribution in [0, 0.1) is 6.92 Å². The van der Waals surface area contributed by atoms with Crippen molar-refractivity contribution in [1.82, 2.24) is 15.1 Å². The Morgan fingerprint density at radius 3 is 3.11 bits per heavy atom. The van der Waals surface area contributed by atoms with E-state index in [1.807, 2.05) is 34.8 Å². The largest absolute Gasteiger partial charge is 0.330 e. The smallest absolute Gasteiger partial charge is 0.255 e. The zero-order valence-corrected chi connectivity index (χ0v) is 11.7. The van der Waals surface area contributed by atoms with E-state index in [-0.39, 0.29) is 11.9 Å². The van der Waals surface area contributed by atoms with Crippen molar-refractivity contribution >= 4 is 17.2 Å². The third-order valence-corrected chi connectivity index (χ3v) is 4.42. The molecule has 0 saturated carbocycles. The second kappa shape index (κ2) is 5.17. The molecule has 2 aromatic rings. The SMILES string of the molecule is Cc1cn[nH]c1[C@@H]1CCCCN1C(=O)c1ccsc1. The highest BCUT2D eigenvalue weighted by Gasteiger charge is 2.30. The molecule has 3 rings (SSSR count). The number of aromatic nitrogens is 2. The molecular weight excluding hydrogens is 258 g/mol. The summed E-state index contributed by atoms with van der Waals surface area (Å²) in [6.45, 7) is 2.87. The number of H-pyrrole nitrogens is 1. The Hall–Kier alpha value is -1.62. The number of hydrogen-bond acceptors (Lipinski definition) is 3. The van der Waals surface area contributed by atoms with Gasteiger partial charge in [-0.1, -0.05) is 0 Å². The number of rotatable bonds is 2. The molecule has 100 valence electrons. The number of nitrogens with one attached hydrogen (secondary N) is 1. The molecule has 2 aromatic heterocycles. The lowest BCUT2D eigenvalue weighted by atomic mass is 9.97. The Labute approximate surface area is 116 Å². The number of amides is 1. The number of likely N-dealkylation sites (tertiary alicyclic amines) is 1. The van der Waals surface area contributed by atoms with E-state index in [0.717, 1.165) is 42.6 Å².